The van der Waals surface area contributed by atoms with Crippen molar-refractivity contribution in [1.29, 1.82) is 0 Å². The first-order chi connectivity index (χ1) is 13.6. The number of carbonyl (C=O) groups is 4. The summed E-state index contributed by atoms with van der Waals surface area (Å²) in [7, 11) is 1.19. The summed E-state index contributed by atoms with van der Waals surface area (Å²) in [6.07, 6.45) is -1.37. The van der Waals surface area contributed by atoms with Crippen LogP contribution in [-0.4, -0.2) is 47.7 Å². The molecule has 1 saturated heterocycles. The van der Waals surface area contributed by atoms with Gasteiger partial charge in [0.2, 0.25) is 12.1 Å². The molecule has 0 bridgehead atoms. The number of amides is 2. The van der Waals surface area contributed by atoms with Gasteiger partial charge in [-0.05, 0) is 25.0 Å². The molecule has 0 spiro atoms. The summed E-state index contributed by atoms with van der Waals surface area (Å²) in [5.74, 6) is -2.81. The van der Waals surface area contributed by atoms with E-state index in [9.17, 15) is 19.2 Å². The van der Waals surface area contributed by atoms with E-state index in [1.807, 2.05) is 6.07 Å². The Labute approximate surface area is 168 Å². The number of nitrogens with zero attached hydrogens (tertiary/aromatic N) is 1. The molecular formula is C20H24N2O7. The molecular weight excluding hydrogens is 380 g/mol. The molecule has 0 aromatic heterocycles. The highest BCUT2D eigenvalue weighted by atomic mass is 16.6. The van der Waals surface area contributed by atoms with Gasteiger partial charge in [-0.1, -0.05) is 30.3 Å². The number of β-lactam (4-membered cyclic amide) rings is 1. The third-order valence-corrected chi connectivity index (χ3v) is 4.20. The van der Waals surface area contributed by atoms with E-state index < -0.39 is 35.7 Å². The van der Waals surface area contributed by atoms with Crippen LogP contribution in [0.4, 0.5) is 0 Å². The van der Waals surface area contributed by atoms with Gasteiger partial charge in [-0.25, -0.2) is 4.79 Å². The number of ether oxygens (including phenoxy) is 3. The molecule has 1 fully saturated rings. The number of methoxy groups -OCH3 is 1. The fraction of sp³-hybridized carbons (Fsp3) is 0.400. The Hall–Kier alpha value is -3.20. The van der Waals surface area contributed by atoms with Gasteiger partial charge in [0, 0.05) is 21.0 Å². The first-order valence-corrected chi connectivity index (χ1v) is 8.87. The topological polar surface area (TPSA) is 111 Å². The number of hydrogen-bond donors (Lipinski definition) is 1. The van der Waals surface area contributed by atoms with Crippen LogP contribution in [0.3, 0.4) is 0 Å². The molecule has 0 saturated carbocycles. The van der Waals surface area contributed by atoms with E-state index in [1.54, 1.807) is 38.1 Å². The van der Waals surface area contributed by atoms with Crippen molar-refractivity contribution in [2.75, 3.05) is 7.11 Å². The Bertz CT molecular complexity index is 846. The molecule has 1 aliphatic rings. The van der Waals surface area contributed by atoms with Crippen molar-refractivity contribution < 1.29 is 33.4 Å². The Morgan fingerprint density at radius 3 is 2.21 bits per heavy atom. The molecule has 2 amide bonds. The largest absolute Gasteiger partial charge is 0.456 e. The van der Waals surface area contributed by atoms with Crippen molar-refractivity contribution >= 4 is 23.8 Å². The zero-order valence-electron chi connectivity index (χ0n) is 17.0. The van der Waals surface area contributed by atoms with Crippen LogP contribution in [0, 0.1) is 0 Å². The molecule has 1 aromatic carbocycles. The Balaban J connectivity index is 2.32. The molecule has 2 unspecified atom stereocenters. The molecule has 9 heteroatoms. The molecule has 156 valence electrons. The maximum absolute atomic E-state index is 12.9. The van der Waals surface area contributed by atoms with Crippen LogP contribution < -0.4 is 5.32 Å². The summed E-state index contributed by atoms with van der Waals surface area (Å²) in [4.78, 5) is 49.8. The molecule has 1 heterocycles. The lowest BCUT2D eigenvalue weighted by atomic mass is 9.96. The predicted octanol–water partition coefficient (Wildman–Crippen LogP) is 1.23. The molecule has 1 aromatic rings. The summed E-state index contributed by atoms with van der Waals surface area (Å²) in [6.45, 7) is 5.56. The lowest BCUT2D eigenvalue weighted by molar-refractivity contribution is -0.250. The molecule has 0 aliphatic carbocycles. The average molecular weight is 404 g/mol. The number of hydrogen-bond acceptors (Lipinski definition) is 7. The van der Waals surface area contributed by atoms with Crippen molar-refractivity contribution in [3.8, 4) is 0 Å². The molecule has 2 atom stereocenters. The van der Waals surface area contributed by atoms with Gasteiger partial charge in [0.25, 0.3) is 11.6 Å². The lowest BCUT2D eigenvalue weighted by Gasteiger charge is -2.52. The van der Waals surface area contributed by atoms with Crippen LogP contribution in [0.25, 0.3) is 0 Å². The van der Waals surface area contributed by atoms with E-state index >= 15 is 0 Å². The fourth-order valence-electron chi connectivity index (χ4n) is 2.97. The fourth-order valence-corrected chi connectivity index (χ4v) is 2.97. The van der Waals surface area contributed by atoms with Crippen molar-refractivity contribution in [3.63, 3.8) is 0 Å². The highest BCUT2D eigenvalue weighted by molar-refractivity contribution is 6.03. The van der Waals surface area contributed by atoms with Crippen molar-refractivity contribution in [2.45, 2.75) is 46.3 Å². The standard InChI is InChI=1S/C20H24N2O7/c1-12(2)16(17(25)28-11-15-9-7-6-8-10-15)22-18(26)20(27-5,21-13(3)23)19(22)29-14(4)24/h6-10,19H,11H2,1-5H3,(H,21,23). The Morgan fingerprint density at radius 2 is 1.72 bits per heavy atom. The normalized spacial score (nSPS) is 20.4. The van der Waals surface area contributed by atoms with Gasteiger partial charge in [-0.2, -0.15) is 0 Å². The predicted molar refractivity (Wildman–Crippen MR) is 101 cm³/mol. The van der Waals surface area contributed by atoms with Crippen LogP contribution in [0.15, 0.2) is 41.6 Å². The summed E-state index contributed by atoms with van der Waals surface area (Å²) in [5.41, 5.74) is -0.779. The summed E-state index contributed by atoms with van der Waals surface area (Å²) < 4.78 is 15.7. The minimum Gasteiger partial charge on any atom is -0.456 e. The first kappa shape index (κ1) is 22.1. The number of benzene rings is 1. The van der Waals surface area contributed by atoms with Crippen molar-refractivity contribution in [2.24, 2.45) is 0 Å². The van der Waals surface area contributed by atoms with Crippen molar-refractivity contribution in [3.05, 3.63) is 47.2 Å². The van der Waals surface area contributed by atoms with E-state index in [2.05, 4.69) is 5.32 Å². The van der Waals surface area contributed by atoms with E-state index in [4.69, 9.17) is 14.2 Å². The molecule has 0 radical (unpaired) electrons. The number of carbonyl (C=O) groups excluding carboxylic acids is 4. The second-order valence-corrected chi connectivity index (χ2v) is 6.67. The highest BCUT2D eigenvalue weighted by Crippen LogP contribution is 2.37. The Kier molecular flexibility index (Phi) is 6.76. The van der Waals surface area contributed by atoms with E-state index in [1.165, 1.54) is 14.0 Å². The second kappa shape index (κ2) is 8.87. The van der Waals surface area contributed by atoms with Crippen LogP contribution in [-0.2, 0) is 40.0 Å². The van der Waals surface area contributed by atoms with E-state index in [0.717, 1.165) is 17.4 Å². The SMILES string of the molecule is COC1(NC(C)=O)C(=O)N(C(C(=O)OCc2ccccc2)=C(C)C)C1OC(C)=O. The number of rotatable bonds is 7. The Morgan fingerprint density at radius 1 is 1.10 bits per heavy atom. The number of allylic oxidation sites excluding steroid dienone is 1. The molecule has 29 heavy (non-hydrogen) atoms. The zero-order chi connectivity index (χ0) is 21.8. The van der Waals surface area contributed by atoms with Gasteiger partial charge in [0.15, 0.2) is 0 Å². The van der Waals surface area contributed by atoms with E-state index in [0.29, 0.717) is 5.57 Å². The highest BCUT2D eigenvalue weighted by Gasteiger charge is 2.67. The quantitative estimate of drug-likeness (QED) is 0.315. The first-order valence-electron chi connectivity index (χ1n) is 8.87. The number of esters is 2. The van der Waals surface area contributed by atoms with Gasteiger partial charge < -0.3 is 19.5 Å². The number of nitrogens with one attached hydrogen (secondary N) is 1. The molecule has 2 rings (SSSR count). The van der Waals surface area contributed by atoms with Gasteiger partial charge in [0.05, 0.1) is 0 Å². The van der Waals surface area contributed by atoms with Crippen LogP contribution in [0.5, 0.6) is 0 Å². The summed E-state index contributed by atoms with van der Waals surface area (Å²) >= 11 is 0. The van der Waals surface area contributed by atoms with Crippen molar-refractivity contribution in [1.82, 2.24) is 10.2 Å². The van der Waals surface area contributed by atoms with Gasteiger partial charge in [-0.3, -0.25) is 19.3 Å². The van der Waals surface area contributed by atoms with Gasteiger partial charge >= 0.3 is 11.9 Å². The maximum atomic E-state index is 12.9. The average Bonchev–Trinajstić information content (AvgIpc) is 2.67. The summed E-state index contributed by atoms with van der Waals surface area (Å²) in [5, 5.41) is 2.36. The summed E-state index contributed by atoms with van der Waals surface area (Å²) in [6, 6.07) is 9.03. The number of likely N-dealkylation sites (tertiary alicyclic amines) is 1. The molecule has 9 nitrogen and oxygen atoms in total. The van der Waals surface area contributed by atoms with Gasteiger partial charge in [0.1, 0.15) is 12.3 Å². The van der Waals surface area contributed by atoms with Crippen LogP contribution >= 0.6 is 0 Å². The third-order valence-electron chi connectivity index (χ3n) is 4.20. The monoisotopic (exact) mass is 404 g/mol. The molecule has 1 N–H and O–H groups in total. The van der Waals surface area contributed by atoms with Crippen LogP contribution in [0.2, 0.25) is 0 Å². The third kappa shape index (κ3) is 4.45. The smallest absolute Gasteiger partial charge is 0.355 e. The zero-order valence-corrected chi connectivity index (χ0v) is 17.0. The lowest BCUT2D eigenvalue weighted by Crippen LogP contribution is -2.81. The minimum absolute atomic E-state index is 0.00215. The maximum Gasteiger partial charge on any atom is 0.355 e. The van der Waals surface area contributed by atoms with E-state index in [-0.39, 0.29) is 12.3 Å². The van der Waals surface area contributed by atoms with Gasteiger partial charge in [-0.15, -0.1) is 0 Å². The second-order valence-electron chi connectivity index (χ2n) is 6.67. The van der Waals surface area contributed by atoms with Crippen LogP contribution in [0.1, 0.15) is 33.3 Å². The molecule has 1 aliphatic heterocycles. The minimum atomic E-state index is -1.92.